The van der Waals surface area contributed by atoms with Gasteiger partial charge in [0.25, 0.3) is 11.8 Å². The summed E-state index contributed by atoms with van der Waals surface area (Å²) in [4.78, 5) is 37.5. The predicted molar refractivity (Wildman–Crippen MR) is 150 cm³/mol. The molecule has 0 spiro atoms. The number of carbonyl (C=O) groups is 3. The van der Waals surface area contributed by atoms with Crippen LogP contribution in [0.25, 0.3) is 0 Å². The van der Waals surface area contributed by atoms with Crippen LogP contribution in [-0.2, 0) is 11.3 Å². The van der Waals surface area contributed by atoms with E-state index in [1.54, 1.807) is 43.3 Å². The first-order valence-corrected chi connectivity index (χ1v) is 13.1. The van der Waals surface area contributed by atoms with E-state index in [1.165, 1.54) is 6.07 Å². The highest BCUT2D eigenvalue weighted by Crippen LogP contribution is 2.23. The van der Waals surface area contributed by atoms with E-state index >= 15 is 0 Å². The van der Waals surface area contributed by atoms with E-state index < -0.39 is 5.91 Å². The van der Waals surface area contributed by atoms with Crippen LogP contribution >= 0.6 is 34.8 Å². The molecule has 2 aromatic rings. The van der Waals surface area contributed by atoms with Crippen LogP contribution in [0.4, 0.5) is 5.69 Å². The SMILES string of the molecule is CC.CCCNC(=O)c1cc(NC(=O)c2cc(CNC(=O)/C(C)=C/CC(C)Cl)ccc2Cl)ccc1Cl. The molecule has 0 radical (unpaired) electrons. The standard InChI is InChI=1S/C25H28Cl3N3O3.C2H6/c1-4-11-29-24(33)20-13-18(8-10-22(20)28)31-25(34)19-12-17(7-9-21(19)27)14-30-23(32)15(2)5-6-16(3)26;1-2/h5,7-10,12-13,16H,4,6,11,14H2,1-3H3,(H,29,33)(H,30,32)(H,31,34);1-2H3/b15-5+;. The topological polar surface area (TPSA) is 87.3 Å². The summed E-state index contributed by atoms with van der Waals surface area (Å²) >= 11 is 18.3. The Kier molecular flexibility index (Phi) is 14.2. The smallest absolute Gasteiger partial charge is 0.257 e. The first-order valence-electron chi connectivity index (χ1n) is 11.9. The Balaban J connectivity index is 0.00000316. The number of hydrogen-bond donors (Lipinski definition) is 3. The second kappa shape index (κ2) is 16.3. The Morgan fingerprint density at radius 1 is 0.944 bits per heavy atom. The summed E-state index contributed by atoms with van der Waals surface area (Å²) in [6, 6.07) is 9.61. The number of carbonyl (C=O) groups excluding carboxylic acids is 3. The summed E-state index contributed by atoms with van der Waals surface area (Å²) in [6.45, 7) is 10.3. The van der Waals surface area contributed by atoms with Gasteiger partial charge in [0.2, 0.25) is 5.91 Å². The van der Waals surface area contributed by atoms with Gasteiger partial charge in [0.15, 0.2) is 0 Å². The number of nitrogens with one attached hydrogen (secondary N) is 3. The molecule has 36 heavy (non-hydrogen) atoms. The van der Waals surface area contributed by atoms with Gasteiger partial charge in [-0.25, -0.2) is 0 Å². The van der Waals surface area contributed by atoms with Crippen molar-refractivity contribution in [1.82, 2.24) is 10.6 Å². The lowest BCUT2D eigenvalue weighted by atomic mass is 10.1. The molecule has 0 aliphatic heterocycles. The predicted octanol–water partition coefficient (Wildman–Crippen LogP) is 6.99. The highest BCUT2D eigenvalue weighted by molar-refractivity contribution is 6.35. The van der Waals surface area contributed by atoms with Crippen molar-refractivity contribution in [2.75, 3.05) is 11.9 Å². The number of anilines is 1. The number of amides is 3. The lowest BCUT2D eigenvalue weighted by molar-refractivity contribution is -0.117. The van der Waals surface area contributed by atoms with Crippen molar-refractivity contribution in [2.45, 2.75) is 59.4 Å². The summed E-state index contributed by atoms with van der Waals surface area (Å²) in [6.07, 6.45) is 3.17. The summed E-state index contributed by atoms with van der Waals surface area (Å²) in [5.74, 6) is -0.982. The normalized spacial score (nSPS) is 11.6. The third kappa shape index (κ3) is 10.2. The van der Waals surface area contributed by atoms with E-state index in [4.69, 9.17) is 34.8 Å². The largest absolute Gasteiger partial charge is 0.352 e. The van der Waals surface area contributed by atoms with Gasteiger partial charge in [-0.1, -0.05) is 56.1 Å². The van der Waals surface area contributed by atoms with Gasteiger partial charge in [-0.2, -0.15) is 0 Å². The summed E-state index contributed by atoms with van der Waals surface area (Å²) < 4.78 is 0. The van der Waals surface area contributed by atoms with Crippen LogP contribution in [0.3, 0.4) is 0 Å². The molecule has 3 N–H and O–H groups in total. The van der Waals surface area contributed by atoms with Crippen molar-refractivity contribution in [3.05, 3.63) is 74.8 Å². The molecule has 196 valence electrons. The third-order valence-electron chi connectivity index (χ3n) is 4.84. The van der Waals surface area contributed by atoms with E-state index in [0.717, 1.165) is 6.42 Å². The molecule has 0 saturated carbocycles. The van der Waals surface area contributed by atoms with Gasteiger partial charge in [-0.05, 0) is 62.6 Å². The van der Waals surface area contributed by atoms with E-state index in [0.29, 0.717) is 29.8 Å². The maximum Gasteiger partial charge on any atom is 0.257 e. The molecule has 3 amide bonds. The van der Waals surface area contributed by atoms with Crippen LogP contribution in [0.15, 0.2) is 48.0 Å². The Morgan fingerprint density at radius 2 is 1.56 bits per heavy atom. The molecule has 0 saturated heterocycles. The first kappa shape index (κ1) is 31.5. The number of benzene rings is 2. The van der Waals surface area contributed by atoms with E-state index in [-0.39, 0.29) is 44.9 Å². The summed E-state index contributed by atoms with van der Waals surface area (Å²) in [5.41, 5.74) is 2.18. The molecule has 2 rings (SSSR count). The van der Waals surface area contributed by atoms with Gasteiger partial charge in [0.1, 0.15) is 0 Å². The monoisotopic (exact) mass is 553 g/mol. The zero-order chi connectivity index (χ0) is 27.3. The molecule has 0 fully saturated rings. The van der Waals surface area contributed by atoms with Gasteiger partial charge in [0.05, 0.1) is 21.2 Å². The Hall–Kier alpha value is -2.54. The molecule has 1 atom stereocenters. The minimum absolute atomic E-state index is 0.0532. The molecule has 0 aromatic heterocycles. The molecule has 9 heteroatoms. The highest BCUT2D eigenvalue weighted by Gasteiger charge is 2.15. The average molecular weight is 555 g/mol. The Morgan fingerprint density at radius 3 is 2.17 bits per heavy atom. The minimum Gasteiger partial charge on any atom is -0.352 e. The fourth-order valence-corrected chi connectivity index (χ4v) is 3.42. The Bertz CT molecular complexity index is 1090. The minimum atomic E-state index is -0.451. The molecule has 0 heterocycles. The molecule has 0 aliphatic rings. The Labute approximate surface area is 228 Å². The number of hydrogen-bond acceptors (Lipinski definition) is 3. The van der Waals surface area contributed by atoms with Crippen LogP contribution in [0.1, 0.15) is 73.7 Å². The van der Waals surface area contributed by atoms with Crippen LogP contribution in [0.5, 0.6) is 0 Å². The van der Waals surface area contributed by atoms with Gasteiger partial charge < -0.3 is 16.0 Å². The number of halogens is 3. The number of rotatable bonds is 10. The van der Waals surface area contributed by atoms with Crippen molar-refractivity contribution in [2.24, 2.45) is 0 Å². The van der Waals surface area contributed by atoms with Crippen molar-refractivity contribution in [3.63, 3.8) is 0 Å². The second-order valence-corrected chi connectivity index (χ2v) is 9.36. The van der Waals surface area contributed by atoms with E-state index in [9.17, 15) is 14.4 Å². The highest BCUT2D eigenvalue weighted by atomic mass is 35.5. The van der Waals surface area contributed by atoms with Crippen molar-refractivity contribution >= 4 is 58.2 Å². The maximum atomic E-state index is 12.9. The first-order chi connectivity index (χ1) is 17.1. The molecule has 0 aliphatic carbocycles. The van der Waals surface area contributed by atoms with Crippen LogP contribution in [0, 0.1) is 0 Å². The maximum absolute atomic E-state index is 12.9. The molecule has 2 aromatic carbocycles. The molecule has 0 bridgehead atoms. The van der Waals surface area contributed by atoms with Crippen molar-refractivity contribution < 1.29 is 14.4 Å². The summed E-state index contributed by atoms with van der Waals surface area (Å²) in [7, 11) is 0. The van der Waals surface area contributed by atoms with Gasteiger partial charge in [0, 0.05) is 29.7 Å². The fourth-order valence-electron chi connectivity index (χ4n) is 2.92. The van der Waals surface area contributed by atoms with Crippen molar-refractivity contribution in [1.29, 1.82) is 0 Å². The van der Waals surface area contributed by atoms with Crippen molar-refractivity contribution in [3.8, 4) is 0 Å². The molecular weight excluding hydrogens is 521 g/mol. The quantitative estimate of drug-likeness (QED) is 0.218. The summed E-state index contributed by atoms with van der Waals surface area (Å²) in [5, 5.41) is 8.81. The van der Waals surface area contributed by atoms with Crippen LogP contribution in [-0.4, -0.2) is 29.6 Å². The van der Waals surface area contributed by atoms with Gasteiger partial charge in [-0.3, -0.25) is 14.4 Å². The molecule has 1 unspecified atom stereocenters. The molecule has 6 nitrogen and oxygen atoms in total. The molecular formula is C27H34Cl3N3O3. The van der Waals surface area contributed by atoms with Crippen LogP contribution in [0.2, 0.25) is 10.0 Å². The third-order valence-corrected chi connectivity index (χ3v) is 5.68. The lowest BCUT2D eigenvalue weighted by Gasteiger charge is -2.12. The lowest BCUT2D eigenvalue weighted by Crippen LogP contribution is -2.24. The fraction of sp³-hybridized carbons (Fsp3) is 0.370. The van der Waals surface area contributed by atoms with Gasteiger partial charge >= 0.3 is 0 Å². The second-order valence-electron chi connectivity index (χ2n) is 7.81. The van der Waals surface area contributed by atoms with E-state index in [1.807, 2.05) is 27.7 Å². The zero-order valence-corrected chi connectivity index (χ0v) is 23.6. The van der Waals surface area contributed by atoms with Gasteiger partial charge in [-0.15, -0.1) is 11.6 Å². The number of allylic oxidation sites excluding steroid dienone is 1. The van der Waals surface area contributed by atoms with E-state index in [2.05, 4.69) is 16.0 Å². The van der Waals surface area contributed by atoms with Crippen LogP contribution < -0.4 is 16.0 Å². The number of alkyl halides is 1. The average Bonchev–Trinajstić information content (AvgIpc) is 2.87. The zero-order valence-electron chi connectivity index (χ0n) is 21.3.